The van der Waals surface area contributed by atoms with Gasteiger partial charge in [-0.25, -0.2) is 0 Å². The molecule has 2 amide bonds. The number of rotatable bonds is 4. The van der Waals surface area contributed by atoms with Crippen LogP contribution in [-0.2, 0) is 4.79 Å². The first-order chi connectivity index (χ1) is 9.97. The molecule has 1 heterocycles. The fourth-order valence-electron chi connectivity index (χ4n) is 1.81. The number of thiophene rings is 1. The molecule has 2 rings (SSSR count). The maximum atomic E-state index is 12.1. The summed E-state index contributed by atoms with van der Waals surface area (Å²) >= 11 is 1.35. The van der Waals surface area contributed by atoms with Crippen molar-refractivity contribution < 1.29 is 9.59 Å². The van der Waals surface area contributed by atoms with Gasteiger partial charge < -0.3 is 10.6 Å². The van der Waals surface area contributed by atoms with Gasteiger partial charge in [0.05, 0.1) is 4.88 Å². The average molecular weight is 302 g/mol. The van der Waals surface area contributed by atoms with Gasteiger partial charge in [0.1, 0.15) is 6.04 Å². The van der Waals surface area contributed by atoms with Gasteiger partial charge in [-0.1, -0.05) is 12.1 Å². The molecular weight excluding hydrogens is 284 g/mol. The van der Waals surface area contributed by atoms with Crippen molar-refractivity contribution in [3.05, 3.63) is 51.7 Å². The summed E-state index contributed by atoms with van der Waals surface area (Å²) in [7, 11) is 0. The first-order valence-corrected chi connectivity index (χ1v) is 7.58. The maximum absolute atomic E-state index is 12.1. The molecule has 21 heavy (non-hydrogen) atoms. The Kier molecular flexibility index (Phi) is 4.75. The molecule has 4 nitrogen and oxygen atoms in total. The predicted octanol–water partition coefficient (Wildman–Crippen LogP) is 3.12. The molecule has 1 aromatic heterocycles. The van der Waals surface area contributed by atoms with Gasteiger partial charge in [-0.15, -0.1) is 11.3 Å². The summed E-state index contributed by atoms with van der Waals surface area (Å²) in [5.74, 6) is -0.462. The highest BCUT2D eigenvalue weighted by Gasteiger charge is 2.17. The van der Waals surface area contributed by atoms with Crippen LogP contribution in [0, 0.1) is 13.8 Å². The van der Waals surface area contributed by atoms with Crippen molar-refractivity contribution in [2.75, 3.05) is 5.32 Å². The molecule has 0 bridgehead atoms. The zero-order valence-electron chi connectivity index (χ0n) is 12.3. The van der Waals surface area contributed by atoms with Crippen molar-refractivity contribution in [3.63, 3.8) is 0 Å². The van der Waals surface area contributed by atoms with E-state index in [1.807, 2.05) is 37.4 Å². The van der Waals surface area contributed by atoms with Gasteiger partial charge in [0.15, 0.2) is 0 Å². The molecule has 0 aliphatic carbocycles. The van der Waals surface area contributed by atoms with Crippen LogP contribution in [0.2, 0.25) is 0 Å². The van der Waals surface area contributed by atoms with E-state index in [1.54, 1.807) is 19.1 Å². The summed E-state index contributed by atoms with van der Waals surface area (Å²) in [5.41, 5.74) is 3.02. The summed E-state index contributed by atoms with van der Waals surface area (Å²) in [6.45, 7) is 5.68. The zero-order valence-corrected chi connectivity index (χ0v) is 13.1. The van der Waals surface area contributed by atoms with E-state index in [1.165, 1.54) is 16.9 Å². The Bertz CT molecular complexity index is 650. The molecule has 2 aromatic rings. The van der Waals surface area contributed by atoms with Crippen molar-refractivity contribution in [1.29, 1.82) is 0 Å². The van der Waals surface area contributed by atoms with Gasteiger partial charge in [0.25, 0.3) is 5.91 Å². The third-order valence-corrected chi connectivity index (χ3v) is 4.13. The largest absolute Gasteiger partial charge is 0.340 e. The second kappa shape index (κ2) is 6.54. The van der Waals surface area contributed by atoms with Crippen LogP contribution >= 0.6 is 11.3 Å². The van der Waals surface area contributed by atoms with Crippen molar-refractivity contribution in [1.82, 2.24) is 5.32 Å². The number of aryl methyl sites for hydroxylation is 2. The number of amides is 2. The molecule has 0 aliphatic rings. The fraction of sp³-hybridized carbons (Fsp3) is 0.250. The van der Waals surface area contributed by atoms with E-state index in [0.29, 0.717) is 4.88 Å². The lowest BCUT2D eigenvalue weighted by molar-refractivity contribution is -0.117. The number of hydrogen-bond donors (Lipinski definition) is 2. The van der Waals surface area contributed by atoms with Crippen molar-refractivity contribution in [2.24, 2.45) is 0 Å². The lowest BCUT2D eigenvalue weighted by Gasteiger charge is -2.14. The van der Waals surface area contributed by atoms with Crippen molar-refractivity contribution in [3.8, 4) is 0 Å². The third-order valence-electron chi connectivity index (χ3n) is 3.26. The molecule has 0 saturated carbocycles. The normalized spacial score (nSPS) is 11.8. The van der Waals surface area contributed by atoms with Crippen LogP contribution in [0.15, 0.2) is 35.7 Å². The Balaban J connectivity index is 1.96. The molecule has 2 N–H and O–H groups in total. The Morgan fingerprint density at radius 1 is 1.14 bits per heavy atom. The highest BCUT2D eigenvalue weighted by atomic mass is 32.1. The monoisotopic (exact) mass is 302 g/mol. The van der Waals surface area contributed by atoms with E-state index in [-0.39, 0.29) is 11.8 Å². The Hall–Kier alpha value is -2.14. The van der Waals surface area contributed by atoms with E-state index in [0.717, 1.165) is 11.3 Å². The third kappa shape index (κ3) is 3.92. The number of carbonyl (C=O) groups excluding carboxylic acids is 2. The van der Waals surface area contributed by atoms with E-state index in [9.17, 15) is 9.59 Å². The first kappa shape index (κ1) is 15.3. The van der Waals surface area contributed by atoms with E-state index in [4.69, 9.17) is 0 Å². The summed E-state index contributed by atoms with van der Waals surface area (Å²) < 4.78 is 0. The Morgan fingerprint density at radius 3 is 2.52 bits per heavy atom. The molecule has 0 fully saturated rings. The van der Waals surface area contributed by atoms with Crippen LogP contribution in [0.25, 0.3) is 0 Å². The van der Waals surface area contributed by atoms with E-state index >= 15 is 0 Å². The Labute approximate surface area is 128 Å². The van der Waals surface area contributed by atoms with Gasteiger partial charge in [-0.2, -0.15) is 0 Å². The summed E-state index contributed by atoms with van der Waals surface area (Å²) in [6.07, 6.45) is 0. The lowest BCUT2D eigenvalue weighted by atomic mass is 10.1. The molecule has 0 radical (unpaired) electrons. The molecule has 0 unspecified atom stereocenters. The summed E-state index contributed by atoms with van der Waals surface area (Å²) in [6, 6.07) is 8.67. The van der Waals surface area contributed by atoms with Crippen molar-refractivity contribution >= 4 is 28.8 Å². The van der Waals surface area contributed by atoms with Crippen LogP contribution in [0.4, 0.5) is 5.69 Å². The second-order valence-electron chi connectivity index (χ2n) is 4.96. The molecular formula is C16H18N2O2S. The number of carbonyl (C=O) groups is 2. The van der Waals surface area contributed by atoms with Gasteiger partial charge >= 0.3 is 0 Å². The van der Waals surface area contributed by atoms with Crippen LogP contribution in [0.1, 0.15) is 27.7 Å². The highest BCUT2D eigenvalue weighted by molar-refractivity contribution is 7.12. The summed E-state index contributed by atoms with van der Waals surface area (Å²) in [4.78, 5) is 24.6. The minimum Gasteiger partial charge on any atom is -0.340 e. The first-order valence-electron chi connectivity index (χ1n) is 6.70. The number of anilines is 1. The van der Waals surface area contributed by atoms with Gasteiger partial charge in [0.2, 0.25) is 5.91 Å². The number of nitrogens with one attached hydrogen (secondary N) is 2. The molecule has 0 saturated heterocycles. The Morgan fingerprint density at radius 2 is 1.90 bits per heavy atom. The SMILES string of the molecule is Cc1ccc(NC(=O)[C@H](C)NC(=O)c2cccs2)cc1C. The topological polar surface area (TPSA) is 58.2 Å². The molecule has 110 valence electrons. The zero-order chi connectivity index (χ0) is 15.4. The standard InChI is InChI=1S/C16H18N2O2S/c1-10-6-7-13(9-11(10)2)18-15(19)12(3)17-16(20)14-5-4-8-21-14/h4-9,12H,1-3H3,(H,17,20)(H,18,19)/t12-/m0/s1. The molecule has 5 heteroatoms. The minimum absolute atomic E-state index is 0.229. The van der Waals surface area contributed by atoms with Gasteiger partial charge in [0, 0.05) is 5.69 Å². The molecule has 0 spiro atoms. The van der Waals surface area contributed by atoms with E-state index < -0.39 is 6.04 Å². The lowest BCUT2D eigenvalue weighted by Crippen LogP contribution is -2.41. The second-order valence-corrected chi connectivity index (χ2v) is 5.91. The van der Waals surface area contributed by atoms with Crippen molar-refractivity contribution in [2.45, 2.75) is 26.8 Å². The number of benzene rings is 1. The highest BCUT2D eigenvalue weighted by Crippen LogP contribution is 2.14. The molecule has 0 aliphatic heterocycles. The summed E-state index contributed by atoms with van der Waals surface area (Å²) in [5, 5.41) is 7.33. The minimum atomic E-state index is -0.596. The van der Waals surface area contributed by atoms with Crippen LogP contribution in [0.3, 0.4) is 0 Å². The fourth-order valence-corrected chi connectivity index (χ4v) is 2.44. The predicted molar refractivity (Wildman–Crippen MR) is 85.8 cm³/mol. The van der Waals surface area contributed by atoms with Gasteiger partial charge in [-0.05, 0) is 55.5 Å². The van der Waals surface area contributed by atoms with Gasteiger partial charge in [-0.3, -0.25) is 9.59 Å². The molecule has 1 aromatic carbocycles. The maximum Gasteiger partial charge on any atom is 0.261 e. The van der Waals surface area contributed by atoms with Crippen LogP contribution < -0.4 is 10.6 Å². The average Bonchev–Trinajstić information content (AvgIpc) is 2.97. The van der Waals surface area contributed by atoms with Crippen LogP contribution in [-0.4, -0.2) is 17.9 Å². The molecule has 1 atom stereocenters. The number of hydrogen-bond acceptors (Lipinski definition) is 3. The smallest absolute Gasteiger partial charge is 0.261 e. The van der Waals surface area contributed by atoms with Crippen LogP contribution in [0.5, 0.6) is 0 Å². The van der Waals surface area contributed by atoms with E-state index in [2.05, 4.69) is 10.6 Å². The quantitative estimate of drug-likeness (QED) is 0.911.